The number of esters is 1. The lowest BCUT2D eigenvalue weighted by atomic mass is 10.2. The van der Waals surface area contributed by atoms with E-state index in [1.807, 2.05) is 27.7 Å². The minimum atomic E-state index is -0.678. The van der Waals surface area contributed by atoms with E-state index in [0.29, 0.717) is 17.8 Å². The first-order valence-corrected chi connectivity index (χ1v) is 8.21. The molecule has 0 spiro atoms. The molecule has 0 aromatic carbocycles. The van der Waals surface area contributed by atoms with Crippen LogP contribution >= 0.6 is 11.3 Å². The minimum Gasteiger partial charge on any atom is -0.464 e. The van der Waals surface area contributed by atoms with Gasteiger partial charge in [-0.3, -0.25) is 9.36 Å². The Morgan fingerprint density at radius 2 is 1.91 bits per heavy atom. The van der Waals surface area contributed by atoms with Gasteiger partial charge < -0.3 is 4.74 Å². The summed E-state index contributed by atoms with van der Waals surface area (Å²) in [6.45, 7) is 11.6. The van der Waals surface area contributed by atoms with E-state index in [2.05, 4.69) is 4.98 Å². The molecule has 0 saturated heterocycles. The van der Waals surface area contributed by atoms with Gasteiger partial charge in [0.1, 0.15) is 16.7 Å². The third-order valence-electron chi connectivity index (χ3n) is 3.70. The van der Waals surface area contributed by atoms with E-state index in [0.717, 1.165) is 15.3 Å². The van der Waals surface area contributed by atoms with Crippen LogP contribution < -0.4 is 5.56 Å². The fourth-order valence-corrected chi connectivity index (χ4v) is 3.40. The smallest absolute Gasteiger partial charge is 0.329 e. The molecule has 0 radical (unpaired) electrons. The molecule has 2 rings (SSSR count). The SMILES string of the molecule is Cc1sc2nc(C)n(C(C)C(=O)OCC(C)C)c(=O)c2c1C. The lowest BCUT2D eigenvalue weighted by molar-refractivity contribution is -0.148. The van der Waals surface area contributed by atoms with Crippen LogP contribution in [-0.4, -0.2) is 22.1 Å². The lowest BCUT2D eigenvalue weighted by Crippen LogP contribution is -2.32. The first-order valence-electron chi connectivity index (χ1n) is 7.39. The number of thiophene rings is 1. The van der Waals surface area contributed by atoms with Crippen molar-refractivity contribution in [2.75, 3.05) is 6.61 Å². The predicted octanol–water partition coefficient (Wildman–Crippen LogP) is 3.14. The Kier molecular flexibility index (Phi) is 4.70. The number of rotatable bonds is 4. The zero-order valence-electron chi connectivity index (χ0n) is 13.9. The van der Waals surface area contributed by atoms with Gasteiger partial charge in [-0.2, -0.15) is 0 Å². The van der Waals surface area contributed by atoms with Crippen molar-refractivity contribution in [3.63, 3.8) is 0 Å². The van der Waals surface area contributed by atoms with Crippen LogP contribution in [0.25, 0.3) is 10.2 Å². The number of nitrogens with zero attached hydrogens (tertiary/aromatic N) is 2. The van der Waals surface area contributed by atoms with E-state index in [4.69, 9.17) is 4.74 Å². The number of hydrogen-bond acceptors (Lipinski definition) is 5. The minimum absolute atomic E-state index is 0.168. The summed E-state index contributed by atoms with van der Waals surface area (Å²) in [6.07, 6.45) is 0. The van der Waals surface area contributed by atoms with Gasteiger partial charge in [0, 0.05) is 4.88 Å². The Balaban J connectivity index is 2.49. The summed E-state index contributed by atoms with van der Waals surface area (Å²) in [6, 6.07) is -0.678. The molecule has 0 bridgehead atoms. The van der Waals surface area contributed by atoms with Gasteiger partial charge in [0.2, 0.25) is 0 Å². The summed E-state index contributed by atoms with van der Waals surface area (Å²) in [7, 11) is 0. The van der Waals surface area contributed by atoms with E-state index in [1.54, 1.807) is 13.8 Å². The van der Waals surface area contributed by atoms with E-state index < -0.39 is 12.0 Å². The van der Waals surface area contributed by atoms with Crippen molar-refractivity contribution < 1.29 is 9.53 Å². The molecule has 6 heteroatoms. The number of aryl methyl sites for hydroxylation is 3. The van der Waals surface area contributed by atoms with E-state index >= 15 is 0 Å². The Morgan fingerprint density at radius 3 is 2.50 bits per heavy atom. The van der Waals surface area contributed by atoms with Crippen LogP contribution in [0.15, 0.2) is 4.79 Å². The maximum absolute atomic E-state index is 12.8. The highest BCUT2D eigenvalue weighted by Crippen LogP contribution is 2.26. The summed E-state index contributed by atoms with van der Waals surface area (Å²) >= 11 is 1.51. The van der Waals surface area contributed by atoms with Gasteiger partial charge in [0.25, 0.3) is 5.56 Å². The zero-order chi connectivity index (χ0) is 16.6. The van der Waals surface area contributed by atoms with Crippen molar-refractivity contribution in [2.45, 2.75) is 47.6 Å². The highest BCUT2D eigenvalue weighted by atomic mass is 32.1. The van der Waals surface area contributed by atoms with Crippen molar-refractivity contribution >= 4 is 27.5 Å². The first kappa shape index (κ1) is 16.7. The second kappa shape index (κ2) is 6.20. The molecule has 0 fully saturated rings. The van der Waals surface area contributed by atoms with Crippen molar-refractivity contribution in [2.24, 2.45) is 5.92 Å². The summed E-state index contributed by atoms with van der Waals surface area (Å²) in [5.41, 5.74) is 0.771. The van der Waals surface area contributed by atoms with E-state index in [-0.39, 0.29) is 11.5 Å². The number of fused-ring (bicyclic) bond motifs is 1. The molecular formula is C16H22N2O3S. The molecular weight excluding hydrogens is 300 g/mol. The van der Waals surface area contributed by atoms with Crippen molar-refractivity contribution in [3.05, 3.63) is 26.6 Å². The molecule has 0 aliphatic carbocycles. The largest absolute Gasteiger partial charge is 0.464 e. The second-order valence-electron chi connectivity index (χ2n) is 6.00. The molecule has 2 aromatic rings. The number of aromatic nitrogens is 2. The Labute approximate surface area is 133 Å². The molecule has 2 aromatic heterocycles. The molecule has 22 heavy (non-hydrogen) atoms. The zero-order valence-corrected chi connectivity index (χ0v) is 14.7. The van der Waals surface area contributed by atoms with Crippen LogP contribution in [0, 0.1) is 26.7 Å². The highest BCUT2D eigenvalue weighted by Gasteiger charge is 2.23. The molecule has 0 aliphatic heterocycles. The summed E-state index contributed by atoms with van der Waals surface area (Å²) in [5, 5.41) is 0.608. The Morgan fingerprint density at radius 1 is 1.27 bits per heavy atom. The van der Waals surface area contributed by atoms with Gasteiger partial charge in [-0.25, -0.2) is 9.78 Å². The quantitative estimate of drug-likeness (QED) is 0.811. The van der Waals surface area contributed by atoms with Crippen molar-refractivity contribution in [1.29, 1.82) is 0 Å². The van der Waals surface area contributed by atoms with Crippen LogP contribution in [-0.2, 0) is 9.53 Å². The maximum atomic E-state index is 12.8. The molecule has 0 saturated carbocycles. The monoisotopic (exact) mass is 322 g/mol. The summed E-state index contributed by atoms with van der Waals surface area (Å²) in [4.78, 5) is 31.3. The predicted molar refractivity (Wildman–Crippen MR) is 88.6 cm³/mol. The first-order chi connectivity index (χ1) is 10.2. The van der Waals surface area contributed by atoms with Gasteiger partial charge in [-0.1, -0.05) is 13.8 Å². The van der Waals surface area contributed by atoms with Gasteiger partial charge in [-0.05, 0) is 39.2 Å². The van der Waals surface area contributed by atoms with Crippen LogP contribution in [0.1, 0.15) is 43.1 Å². The average molecular weight is 322 g/mol. The normalized spacial score (nSPS) is 12.9. The second-order valence-corrected chi connectivity index (χ2v) is 7.20. The number of carbonyl (C=O) groups is 1. The topological polar surface area (TPSA) is 61.2 Å². The molecule has 0 aliphatic rings. The van der Waals surface area contributed by atoms with E-state index in [1.165, 1.54) is 15.9 Å². The van der Waals surface area contributed by atoms with Gasteiger partial charge in [0.15, 0.2) is 0 Å². The molecule has 0 amide bonds. The molecule has 0 N–H and O–H groups in total. The highest BCUT2D eigenvalue weighted by molar-refractivity contribution is 7.18. The third kappa shape index (κ3) is 2.92. The Bertz CT molecular complexity index is 774. The Hall–Kier alpha value is -1.69. The average Bonchev–Trinajstić information content (AvgIpc) is 2.70. The molecule has 120 valence electrons. The molecule has 5 nitrogen and oxygen atoms in total. The number of hydrogen-bond donors (Lipinski definition) is 0. The van der Waals surface area contributed by atoms with Gasteiger partial charge >= 0.3 is 5.97 Å². The van der Waals surface area contributed by atoms with Crippen LogP contribution in [0.5, 0.6) is 0 Å². The summed E-state index contributed by atoms with van der Waals surface area (Å²) < 4.78 is 6.69. The molecule has 2 heterocycles. The van der Waals surface area contributed by atoms with Crippen molar-refractivity contribution in [3.8, 4) is 0 Å². The van der Waals surface area contributed by atoms with Crippen molar-refractivity contribution in [1.82, 2.24) is 9.55 Å². The van der Waals surface area contributed by atoms with Crippen LogP contribution in [0.3, 0.4) is 0 Å². The van der Waals surface area contributed by atoms with Gasteiger partial charge in [-0.15, -0.1) is 11.3 Å². The maximum Gasteiger partial charge on any atom is 0.329 e. The lowest BCUT2D eigenvalue weighted by Gasteiger charge is -2.17. The fourth-order valence-electron chi connectivity index (χ4n) is 2.34. The third-order valence-corrected chi connectivity index (χ3v) is 4.80. The van der Waals surface area contributed by atoms with Crippen LogP contribution in [0.4, 0.5) is 0 Å². The number of carbonyl (C=O) groups excluding carboxylic acids is 1. The van der Waals surface area contributed by atoms with E-state index in [9.17, 15) is 9.59 Å². The molecule has 1 unspecified atom stereocenters. The number of ether oxygens (including phenoxy) is 1. The van der Waals surface area contributed by atoms with Gasteiger partial charge in [0.05, 0.1) is 12.0 Å². The van der Waals surface area contributed by atoms with Crippen LogP contribution in [0.2, 0.25) is 0 Å². The standard InChI is InChI=1S/C16H22N2O3S/c1-8(2)7-21-16(20)10(4)18-12(6)17-14-13(15(18)19)9(3)11(5)22-14/h8,10H,7H2,1-6H3. The fraction of sp³-hybridized carbons (Fsp3) is 0.562. The summed E-state index contributed by atoms with van der Waals surface area (Å²) in [5.74, 6) is 0.397. The molecule has 1 atom stereocenters.